The molecule has 0 unspecified atom stereocenters. The SMILES string of the molecule is CC(=CCCO)C(=O)OO. The number of carbonyl (C=O) groups excluding carboxylic acids is 1. The molecule has 0 amide bonds. The fraction of sp³-hybridized carbons (Fsp3) is 0.500. The van der Waals surface area contributed by atoms with Gasteiger partial charge in [0, 0.05) is 12.2 Å². The Morgan fingerprint density at radius 1 is 1.70 bits per heavy atom. The molecule has 10 heavy (non-hydrogen) atoms. The summed E-state index contributed by atoms with van der Waals surface area (Å²) in [7, 11) is 0. The van der Waals surface area contributed by atoms with E-state index in [9.17, 15) is 4.79 Å². The number of hydrogen-bond acceptors (Lipinski definition) is 4. The molecular weight excluding hydrogens is 136 g/mol. The van der Waals surface area contributed by atoms with Gasteiger partial charge in [-0.1, -0.05) is 6.08 Å². The first-order valence-electron chi connectivity index (χ1n) is 2.85. The third-order valence-corrected chi connectivity index (χ3v) is 0.985. The highest BCUT2D eigenvalue weighted by molar-refractivity contribution is 5.87. The largest absolute Gasteiger partial charge is 0.396 e. The molecule has 0 fully saturated rings. The van der Waals surface area contributed by atoms with Gasteiger partial charge in [-0.25, -0.2) is 4.79 Å². The van der Waals surface area contributed by atoms with E-state index in [1.54, 1.807) is 0 Å². The molecule has 0 saturated heterocycles. The maximum atomic E-state index is 10.4. The van der Waals surface area contributed by atoms with E-state index < -0.39 is 5.97 Å². The van der Waals surface area contributed by atoms with Gasteiger partial charge in [0.1, 0.15) is 0 Å². The summed E-state index contributed by atoms with van der Waals surface area (Å²) < 4.78 is 0. The molecule has 0 aliphatic heterocycles. The zero-order valence-corrected chi connectivity index (χ0v) is 5.70. The van der Waals surface area contributed by atoms with E-state index in [0.29, 0.717) is 6.42 Å². The molecule has 0 rings (SSSR count). The molecule has 0 aromatic carbocycles. The molecule has 0 heterocycles. The smallest absolute Gasteiger partial charge is 0.368 e. The summed E-state index contributed by atoms with van der Waals surface area (Å²) in [5.41, 5.74) is 0.288. The van der Waals surface area contributed by atoms with Crippen molar-refractivity contribution in [2.24, 2.45) is 0 Å². The predicted molar refractivity (Wildman–Crippen MR) is 34.2 cm³/mol. The Labute approximate surface area is 58.7 Å². The van der Waals surface area contributed by atoms with Crippen molar-refractivity contribution in [2.45, 2.75) is 13.3 Å². The molecule has 0 aromatic heterocycles. The average molecular weight is 146 g/mol. The summed E-state index contributed by atoms with van der Waals surface area (Å²) in [5, 5.41) is 16.2. The summed E-state index contributed by atoms with van der Waals surface area (Å²) >= 11 is 0. The minimum absolute atomic E-state index is 0.0178. The second-order valence-electron chi connectivity index (χ2n) is 1.78. The van der Waals surface area contributed by atoms with Crippen molar-refractivity contribution in [3.8, 4) is 0 Å². The second-order valence-corrected chi connectivity index (χ2v) is 1.78. The lowest BCUT2D eigenvalue weighted by Gasteiger charge is -1.93. The number of carbonyl (C=O) groups is 1. The zero-order chi connectivity index (χ0) is 7.98. The van der Waals surface area contributed by atoms with Gasteiger partial charge in [0.25, 0.3) is 0 Å². The third-order valence-electron chi connectivity index (χ3n) is 0.985. The van der Waals surface area contributed by atoms with Gasteiger partial charge in [0.05, 0.1) is 0 Å². The summed E-state index contributed by atoms with van der Waals surface area (Å²) in [6.07, 6.45) is 1.87. The first-order chi connectivity index (χ1) is 4.72. The zero-order valence-electron chi connectivity index (χ0n) is 5.70. The van der Waals surface area contributed by atoms with E-state index in [2.05, 4.69) is 4.89 Å². The highest BCUT2D eigenvalue weighted by Gasteiger charge is 2.02. The highest BCUT2D eigenvalue weighted by atomic mass is 17.1. The Morgan fingerprint density at radius 3 is 2.70 bits per heavy atom. The Morgan fingerprint density at radius 2 is 2.30 bits per heavy atom. The molecule has 2 N–H and O–H groups in total. The van der Waals surface area contributed by atoms with E-state index in [0.717, 1.165) is 0 Å². The van der Waals surface area contributed by atoms with Crippen LogP contribution in [0.15, 0.2) is 11.6 Å². The summed E-state index contributed by atoms with van der Waals surface area (Å²) in [6.45, 7) is 1.48. The number of aliphatic hydroxyl groups excluding tert-OH is 1. The van der Waals surface area contributed by atoms with E-state index in [1.807, 2.05) is 0 Å². The van der Waals surface area contributed by atoms with Crippen molar-refractivity contribution in [1.29, 1.82) is 0 Å². The van der Waals surface area contributed by atoms with E-state index >= 15 is 0 Å². The maximum absolute atomic E-state index is 10.4. The number of aliphatic hydroxyl groups is 1. The topological polar surface area (TPSA) is 66.8 Å². The normalized spacial score (nSPS) is 11.3. The minimum Gasteiger partial charge on any atom is -0.396 e. The quantitative estimate of drug-likeness (QED) is 0.342. The molecule has 0 radical (unpaired) electrons. The van der Waals surface area contributed by atoms with Crippen molar-refractivity contribution < 1.29 is 20.0 Å². The fourth-order valence-electron chi connectivity index (χ4n) is 0.436. The van der Waals surface area contributed by atoms with Crippen LogP contribution in [0, 0.1) is 0 Å². The molecule has 0 aliphatic rings. The van der Waals surface area contributed by atoms with Gasteiger partial charge in [-0.2, -0.15) is 5.26 Å². The maximum Gasteiger partial charge on any atom is 0.368 e. The predicted octanol–water partition coefficient (Wildman–Crippen LogP) is 0.331. The lowest BCUT2D eigenvalue weighted by Crippen LogP contribution is -2.01. The molecule has 0 bridgehead atoms. The Bertz CT molecular complexity index is 139. The van der Waals surface area contributed by atoms with Crippen molar-refractivity contribution in [3.05, 3.63) is 11.6 Å². The van der Waals surface area contributed by atoms with E-state index in [4.69, 9.17) is 10.4 Å². The average Bonchev–Trinajstić information content (AvgIpc) is 1.98. The van der Waals surface area contributed by atoms with Gasteiger partial charge < -0.3 is 5.11 Å². The summed E-state index contributed by atoms with van der Waals surface area (Å²) in [5.74, 6) is -0.784. The minimum atomic E-state index is -0.784. The molecule has 0 spiro atoms. The number of hydrogen-bond donors (Lipinski definition) is 2. The van der Waals surface area contributed by atoms with Gasteiger partial charge in [0.2, 0.25) is 0 Å². The van der Waals surface area contributed by atoms with Crippen LogP contribution in [-0.4, -0.2) is 22.9 Å². The molecule has 0 atom stereocenters. The van der Waals surface area contributed by atoms with Gasteiger partial charge in [-0.3, -0.25) is 4.89 Å². The summed E-state index contributed by atoms with van der Waals surface area (Å²) in [4.78, 5) is 13.8. The first-order valence-corrected chi connectivity index (χ1v) is 2.85. The Balaban J connectivity index is 3.80. The monoisotopic (exact) mass is 146 g/mol. The first kappa shape index (κ1) is 9.13. The third kappa shape index (κ3) is 3.21. The van der Waals surface area contributed by atoms with Crippen LogP contribution >= 0.6 is 0 Å². The van der Waals surface area contributed by atoms with E-state index in [1.165, 1.54) is 13.0 Å². The second kappa shape index (κ2) is 4.96. The van der Waals surface area contributed by atoms with Crippen LogP contribution in [0.3, 0.4) is 0 Å². The van der Waals surface area contributed by atoms with Crippen LogP contribution in [0.4, 0.5) is 0 Å². The Hall–Kier alpha value is -0.870. The summed E-state index contributed by atoms with van der Waals surface area (Å²) in [6, 6.07) is 0. The van der Waals surface area contributed by atoms with Crippen molar-refractivity contribution >= 4 is 5.97 Å². The fourth-order valence-corrected chi connectivity index (χ4v) is 0.436. The van der Waals surface area contributed by atoms with Crippen LogP contribution in [-0.2, 0) is 9.68 Å². The lowest BCUT2D eigenvalue weighted by atomic mass is 10.2. The van der Waals surface area contributed by atoms with E-state index in [-0.39, 0.29) is 12.2 Å². The van der Waals surface area contributed by atoms with Gasteiger partial charge >= 0.3 is 5.97 Å². The molecule has 0 saturated carbocycles. The van der Waals surface area contributed by atoms with Gasteiger partial charge in [-0.15, -0.1) is 0 Å². The number of rotatable bonds is 3. The van der Waals surface area contributed by atoms with Crippen molar-refractivity contribution in [2.75, 3.05) is 6.61 Å². The molecule has 58 valence electrons. The van der Waals surface area contributed by atoms with Crippen LogP contribution < -0.4 is 0 Å². The van der Waals surface area contributed by atoms with Crippen molar-refractivity contribution in [3.63, 3.8) is 0 Å². The Kier molecular flexibility index (Phi) is 4.53. The lowest BCUT2D eigenvalue weighted by molar-refractivity contribution is -0.229. The molecule has 0 aromatic rings. The molecule has 4 heteroatoms. The standard InChI is InChI=1S/C6H10O4/c1-5(3-2-4-7)6(8)10-9/h3,7,9H,2,4H2,1H3. The van der Waals surface area contributed by atoms with Crippen LogP contribution in [0.1, 0.15) is 13.3 Å². The van der Waals surface area contributed by atoms with Crippen LogP contribution in [0.2, 0.25) is 0 Å². The molecular formula is C6H10O4. The molecule has 0 aliphatic carbocycles. The molecule has 4 nitrogen and oxygen atoms in total. The van der Waals surface area contributed by atoms with Crippen LogP contribution in [0.25, 0.3) is 0 Å². The highest BCUT2D eigenvalue weighted by Crippen LogP contribution is 1.96. The van der Waals surface area contributed by atoms with Crippen LogP contribution in [0.5, 0.6) is 0 Å². The van der Waals surface area contributed by atoms with Crippen molar-refractivity contribution in [1.82, 2.24) is 0 Å². The van der Waals surface area contributed by atoms with Gasteiger partial charge in [0.15, 0.2) is 0 Å². The van der Waals surface area contributed by atoms with Gasteiger partial charge in [-0.05, 0) is 13.3 Å².